The van der Waals surface area contributed by atoms with Gasteiger partial charge < -0.3 is 10.2 Å². The van der Waals surface area contributed by atoms with Crippen molar-refractivity contribution in [3.63, 3.8) is 0 Å². The second-order valence-electron chi connectivity index (χ2n) is 5.39. The van der Waals surface area contributed by atoms with Gasteiger partial charge in [0.05, 0.1) is 0 Å². The molecule has 0 amide bonds. The van der Waals surface area contributed by atoms with Crippen molar-refractivity contribution < 1.29 is 0 Å². The van der Waals surface area contributed by atoms with Crippen LogP contribution in [0.2, 0.25) is 0 Å². The third-order valence-corrected chi connectivity index (χ3v) is 4.17. The Morgan fingerprint density at radius 1 is 1.28 bits per heavy atom. The van der Waals surface area contributed by atoms with Crippen molar-refractivity contribution in [3.05, 3.63) is 29.8 Å². The standard InChI is InChI=1S/C16H26N2/c1-4-17-13(2)15-11-7-8-12-16(15)18(3)14-9-5-6-10-14/h7-8,11-14,17H,4-6,9-10H2,1-3H3. The van der Waals surface area contributed by atoms with E-state index in [0.29, 0.717) is 6.04 Å². The zero-order valence-electron chi connectivity index (χ0n) is 11.9. The summed E-state index contributed by atoms with van der Waals surface area (Å²) in [7, 11) is 2.26. The van der Waals surface area contributed by atoms with E-state index in [-0.39, 0.29) is 0 Å². The summed E-state index contributed by atoms with van der Waals surface area (Å²) in [5.41, 5.74) is 2.83. The number of benzene rings is 1. The monoisotopic (exact) mass is 246 g/mol. The van der Waals surface area contributed by atoms with Crippen LogP contribution in [-0.4, -0.2) is 19.6 Å². The maximum atomic E-state index is 3.52. The van der Waals surface area contributed by atoms with Crippen molar-refractivity contribution in [1.82, 2.24) is 5.32 Å². The summed E-state index contributed by atoms with van der Waals surface area (Å²) in [6.07, 6.45) is 5.47. The molecular formula is C16H26N2. The largest absolute Gasteiger partial charge is 0.371 e. The number of rotatable bonds is 5. The molecule has 1 aliphatic rings. The first-order valence-corrected chi connectivity index (χ1v) is 7.29. The van der Waals surface area contributed by atoms with Crippen LogP contribution in [0.4, 0.5) is 5.69 Å². The van der Waals surface area contributed by atoms with Crippen LogP contribution >= 0.6 is 0 Å². The summed E-state index contributed by atoms with van der Waals surface area (Å²) >= 11 is 0. The number of hydrogen-bond donors (Lipinski definition) is 1. The molecule has 1 saturated carbocycles. The fourth-order valence-corrected chi connectivity index (χ4v) is 3.08. The second-order valence-corrected chi connectivity index (χ2v) is 5.39. The predicted octanol–water partition coefficient (Wildman–Crippen LogP) is 3.74. The van der Waals surface area contributed by atoms with E-state index in [9.17, 15) is 0 Å². The van der Waals surface area contributed by atoms with Crippen LogP contribution in [0.25, 0.3) is 0 Å². The van der Waals surface area contributed by atoms with Crippen molar-refractivity contribution in [2.45, 2.75) is 51.6 Å². The molecule has 100 valence electrons. The molecule has 1 fully saturated rings. The molecule has 2 rings (SSSR count). The topological polar surface area (TPSA) is 15.3 Å². The van der Waals surface area contributed by atoms with Crippen molar-refractivity contribution in [2.24, 2.45) is 0 Å². The van der Waals surface area contributed by atoms with Gasteiger partial charge in [0.1, 0.15) is 0 Å². The quantitative estimate of drug-likeness (QED) is 0.851. The Labute approximate surface area is 111 Å². The second kappa shape index (κ2) is 6.24. The Balaban J connectivity index is 2.20. The Morgan fingerprint density at radius 3 is 2.61 bits per heavy atom. The smallest absolute Gasteiger partial charge is 0.0414 e. The van der Waals surface area contributed by atoms with E-state index in [1.807, 2.05) is 0 Å². The minimum absolute atomic E-state index is 0.426. The molecule has 1 aromatic carbocycles. The van der Waals surface area contributed by atoms with Gasteiger partial charge in [0.15, 0.2) is 0 Å². The molecule has 18 heavy (non-hydrogen) atoms. The Hall–Kier alpha value is -1.02. The summed E-state index contributed by atoms with van der Waals surface area (Å²) in [5.74, 6) is 0. The molecule has 0 spiro atoms. The average Bonchev–Trinajstić information content (AvgIpc) is 2.92. The molecule has 1 aromatic rings. The molecule has 2 nitrogen and oxygen atoms in total. The Bertz CT molecular complexity index is 369. The highest BCUT2D eigenvalue weighted by Crippen LogP contribution is 2.31. The molecule has 1 atom stereocenters. The van der Waals surface area contributed by atoms with Gasteiger partial charge >= 0.3 is 0 Å². The molecule has 0 aromatic heterocycles. The van der Waals surface area contributed by atoms with Gasteiger partial charge in [-0.25, -0.2) is 0 Å². The van der Waals surface area contributed by atoms with Crippen LogP contribution in [0.1, 0.15) is 51.1 Å². The fraction of sp³-hybridized carbons (Fsp3) is 0.625. The first-order valence-electron chi connectivity index (χ1n) is 7.29. The van der Waals surface area contributed by atoms with E-state index in [1.165, 1.54) is 36.9 Å². The van der Waals surface area contributed by atoms with Crippen LogP contribution in [0.15, 0.2) is 24.3 Å². The van der Waals surface area contributed by atoms with Crippen molar-refractivity contribution in [2.75, 3.05) is 18.5 Å². The summed E-state index contributed by atoms with van der Waals surface area (Å²) in [5, 5.41) is 3.52. The maximum Gasteiger partial charge on any atom is 0.0414 e. The third kappa shape index (κ3) is 2.86. The van der Waals surface area contributed by atoms with Gasteiger partial charge in [-0.05, 0) is 37.9 Å². The van der Waals surface area contributed by atoms with Crippen LogP contribution in [-0.2, 0) is 0 Å². The minimum atomic E-state index is 0.426. The van der Waals surface area contributed by atoms with Gasteiger partial charge in [0, 0.05) is 24.8 Å². The molecule has 0 bridgehead atoms. The molecule has 1 unspecified atom stereocenters. The molecule has 0 saturated heterocycles. The number of anilines is 1. The van der Waals surface area contributed by atoms with Gasteiger partial charge in [0.25, 0.3) is 0 Å². The molecule has 1 N–H and O–H groups in total. The SMILES string of the molecule is CCNC(C)c1ccccc1N(C)C1CCCC1. The Morgan fingerprint density at radius 2 is 1.94 bits per heavy atom. The summed E-state index contributed by atoms with van der Waals surface area (Å²) in [4.78, 5) is 2.50. The van der Waals surface area contributed by atoms with E-state index in [1.54, 1.807) is 0 Å². The van der Waals surface area contributed by atoms with E-state index in [2.05, 4.69) is 55.4 Å². The average molecular weight is 246 g/mol. The molecule has 0 radical (unpaired) electrons. The van der Waals surface area contributed by atoms with Crippen LogP contribution in [0, 0.1) is 0 Å². The van der Waals surface area contributed by atoms with E-state index in [4.69, 9.17) is 0 Å². The molecule has 0 heterocycles. The first kappa shape index (κ1) is 13.4. The number of para-hydroxylation sites is 1. The lowest BCUT2D eigenvalue weighted by atomic mass is 10.0. The zero-order valence-corrected chi connectivity index (χ0v) is 11.9. The highest BCUT2D eigenvalue weighted by molar-refractivity contribution is 5.55. The molecule has 2 heteroatoms. The van der Waals surface area contributed by atoms with Gasteiger partial charge in [0.2, 0.25) is 0 Å². The summed E-state index contributed by atoms with van der Waals surface area (Å²) in [6.45, 7) is 5.44. The lowest BCUT2D eigenvalue weighted by Crippen LogP contribution is -2.31. The van der Waals surface area contributed by atoms with E-state index >= 15 is 0 Å². The van der Waals surface area contributed by atoms with Crippen molar-refractivity contribution in [3.8, 4) is 0 Å². The normalized spacial score (nSPS) is 17.9. The number of hydrogen-bond acceptors (Lipinski definition) is 2. The maximum absolute atomic E-state index is 3.52. The third-order valence-electron chi connectivity index (χ3n) is 4.17. The number of nitrogens with zero attached hydrogens (tertiary/aromatic N) is 1. The fourth-order valence-electron chi connectivity index (χ4n) is 3.08. The van der Waals surface area contributed by atoms with Crippen molar-refractivity contribution >= 4 is 5.69 Å². The predicted molar refractivity (Wildman–Crippen MR) is 79.2 cm³/mol. The van der Waals surface area contributed by atoms with E-state index < -0.39 is 0 Å². The molecule has 1 aliphatic carbocycles. The Kier molecular flexibility index (Phi) is 4.65. The summed E-state index contributed by atoms with van der Waals surface area (Å²) in [6, 6.07) is 9.99. The van der Waals surface area contributed by atoms with Crippen molar-refractivity contribution in [1.29, 1.82) is 0 Å². The number of nitrogens with one attached hydrogen (secondary N) is 1. The molecular weight excluding hydrogens is 220 g/mol. The van der Waals surface area contributed by atoms with Crippen LogP contribution < -0.4 is 10.2 Å². The lowest BCUT2D eigenvalue weighted by molar-refractivity contribution is 0.589. The highest BCUT2D eigenvalue weighted by Gasteiger charge is 2.22. The van der Waals surface area contributed by atoms with Gasteiger partial charge in [-0.3, -0.25) is 0 Å². The van der Waals surface area contributed by atoms with Gasteiger partial charge in [-0.2, -0.15) is 0 Å². The van der Waals surface area contributed by atoms with Gasteiger partial charge in [-0.15, -0.1) is 0 Å². The first-order chi connectivity index (χ1) is 8.74. The zero-order chi connectivity index (χ0) is 13.0. The van der Waals surface area contributed by atoms with Crippen LogP contribution in [0.5, 0.6) is 0 Å². The minimum Gasteiger partial charge on any atom is -0.371 e. The van der Waals surface area contributed by atoms with Gasteiger partial charge in [-0.1, -0.05) is 38.0 Å². The lowest BCUT2D eigenvalue weighted by Gasteiger charge is -2.30. The summed E-state index contributed by atoms with van der Waals surface area (Å²) < 4.78 is 0. The highest BCUT2D eigenvalue weighted by atomic mass is 15.1. The van der Waals surface area contributed by atoms with Crippen LogP contribution in [0.3, 0.4) is 0 Å². The molecule has 0 aliphatic heterocycles. The van der Waals surface area contributed by atoms with E-state index in [0.717, 1.165) is 12.6 Å².